The number of nitrogens with zero attached hydrogens (tertiary/aromatic N) is 5. The van der Waals surface area contributed by atoms with E-state index >= 15 is 0 Å². The number of aliphatic hydroxyl groups excluding tert-OH is 1. The van der Waals surface area contributed by atoms with Gasteiger partial charge in [-0.25, -0.2) is 15.0 Å². The van der Waals surface area contributed by atoms with E-state index in [0.717, 1.165) is 61.1 Å². The molecule has 0 amide bonds. The first kappa shape index (κ1) is 23.0. The summed E-state index contributed by atoms with van der Waals surface area (Å²) >= 11 is 1.46. The van der Waals surface area contributed by atoms with Crippen LogP contribution in [0.25, 0.3) is 0 Å². The standard InChI is InChI=1S/C25H32N6O4S/c1-14-21(26)24(13-35-14)3-6-30(7-4-24)22-16(11-32)29-19(10-28-22)36-17-2-5-27-23-20(17)34-12-15-8-25(33)9-18(25)31(15)23/h2,5,10,14-15,18,21,32-33H,3-4,6-9,11-13,26H2,1H3/t14-,15-,18?,21+,25-/m0/s1. The Kier molecular flexibility index (Phi) is 5.21. The summed E-state index contributed by atoms with van der Waals surface area (Å²) in [6.07, 6.45) is 7.05. The van der Waals surface area contributed by atoms with E-state index < -0.39 is 5.60 Å². The van der Waals surface area contributed by atoms with Gasteiger partial charge in [-0.1, -0.05) is 11.8 Å². The quantitative estimate of drug-likeness (QED) is 0.548. The molecule has 7 rings (SSSR count). The number of aliphatic hydroxyl groups is 2. The van der Waals surface area contributed by atoms with Gasteiger partial charge in [-0.3, -0.25) is 0 Å². The Balaban J connectivity index is 1.10. The van der Waals surface area contributed by atoms with Crippen LogP contribution in [0.3, 0.4) is 0 Å². The van der Waals surface area contributed by atoms with E-state index in [1.165, 1.54) is 11.8 Å². The van der Waals surface area contributed by atoms with Crippen LogP contribution in [-0.4, -0.2) is 81.3 Å². The molecule has 2 aromatic rings. The number of nitrogens with two attached hydrogens (primary N) is 1. The summed E-state index contributed by atoms with van der Waals surface area (Å²) in [7, 11) is 0. The van der Waals surface area contributed by atoms with E-state index in [0.29, 0.717) is 23.9 Å². The number of pyridine rings is 1. The van der Waals surface area contributed by atoms with Gasteiger partial charge < -0.3 is 35.2 Å². The fourth-order valence-corrected chi connectivity index (χ4v) is 7.50. The molecular formula is C25H32N6O4S. The van der Waals surface area contributed by atoms with Gasteiger partial charge in [-0.05, 0) is 25.8 Å². The van der Waals surface area contributed by atoms with Crippen LogP contribution in [0.1, 0.15) is 38.3 Å². The molecule has 1 unspecified atom stereocenters. The monoisotopic (exact) mass is 512 g/mol. The molecule has 0 radical (unpaired) electrons. The molecule has 1 aliphatic carbocycles. The molecule has 2 aromatic heterocycles. The summed E-state index contributed by atoms with van der Waals surface area (Å²) in [5, 5.41) is 21.4. The minimum atomic E-state index is -0.583. The highest BCUT2D eigenvalue weighted by Crippen LogP contribution is 2.57. The fourth-order valence-electron chi connectivity index (χ4n) is 6.64. The normalized spacial score (nSPS) is 33.8. The van der Waals surface area contributed by atoms with E-state index in [1.807, 2.05) is 6.07 Å². The van der Waals surface area contributed by atoms with Crippen LogP contribution in [-0.2, 0) is 11.3 Å². The van der Waals surface area contributed by atoms with Crippen molar-refractivity contribution < 1.29 is 19.7 Å². The predicted octanol–water partition coefficient (Wildman–Crippen LogP) is 1.32. The minimum Gasteiger partial charge on any atom is -0.486 e. The highest BCUT2D eigenvalue weighted by Gasteiger charge is 2.65. The van der Waals surface area contributed by atoms with E-state index in [1.54, 1.807) is 12.4 Å². The molecule has 36 heavy (non-hydrogen) atoms. The number of aromatic nitrogens is 3. The zero-order chi connectivity index (χ0) is 24.7. The maximum absolute atomic E-state index is 10.6. The third-order valence-corrected chi connectivity index (χ3v) is 9.86. The van der Waals surface area contributed by atoms with E-state index in [-0.39, 0.29) is 36.3 Å². The van der Waals surface area contributed by atoms with Crippen molar-refractivity contribution in [3.05, 3.63) is 24.2 Å². The van der Waals surface area contributed by atoms with Crippen LogP contribution in [0, 0.1) is 5.41 Å². The average molecular weight is 513 g/mol. The molecule has 1 saturated carbocycles. The predicted molar refractivity (Wildman–Crippen MR) is 133 cm³/mol. The zero-order valence-electron chi connectivity index (χ0n) is 20.3. The van der Waals surface area contributed by atoms with Crippen LogP contribution in [0.5, 0.6) is 5.75 Å². The molecule has 4 fully saturated rings. The fraction of sp³-hybridized carbons (Fsp3) is 0.640. The van der Waals surface area contributed by atoms with E-state index in [9.17, 15) is 10.2 Å². The van der Waals surface area contributed by atoms with Crippen LogP contribution >= 0.6 is 11.8 Å². The largest absolute Gasteiger partial charge is 0.486 e. The van der Waals surface area contributed by atoms with Crippen molar-refractivity contribution in [3.8, 4) is 5.75 Å². The number of hydrogen-bond donors (Lipinski definition) is 3. The van der Waals surface area contributed by atoms with Crippen LogP contribution in [0.4, 0.5) is 11.6 Å². The van der Waals surface area contributed by atoms with Crippen molar-refractivity contribution in [1.29, 1.82) is 0 Å². The van der Waals surface area contributed by atoms with E-state index in [4.69, 9.17) is 25.2 Å². The molecule has 192 valence electrons. The molecule has 6 heterocycles. The molecule has 0 aromatic carbocycles. The van der Waals surface area contributed by atoms with Crippen molar-refractivity contribution in [2.75, 3.05) is 36.1 Å². The molecule has 10 nitrogen and oxygen atoms in total. The SMILES string of the molecule is C[C@@H]1OCC2(CCN(c3ncc(Sc4ccnc5c4OC[C@@H]4C[C@]6(O)CC6N54)nc3CO)CC2)[C@@H]1N. The molecule has 11 heteroatoms. The van der Waals surface area contributed by atoms with Crippen LogP contribution in [0.2, 0.25) is 0 Å². The number of piperidine rings is 2. The van der Waals surface area contributed by atoms with Gasteiger partial charge in [0.15, 0.2) is 17.4 Å². The van der Waals surface area contributed by atoms with Crippen molar-refractivity contribution in [2.45, 2.75) is 79.0 Å². The minimum absolute atomic E-state index is 0.0312. The topological polar surface area (TPSA) is 130 Å². The Morgan fingerprint density at radius 2 is 2.06 bits per heavy atom. The molecule has 0 bridgehead atoms. The number of hydrogen-bond acceptors (Lipinski definition) is 11. The van der Waals surface area contributed by atoms with E-state index in [2.05, 4.69) is 21.7 Å². The molecule has 4 N–H and O–H groups in total. The van der Waals surface area contributed by atoms with Gasteiger partial charge >= 0.3 is 0 Å². The molecule has 5 aliphatic rings. The van der Waals surface area contributed by atoms with Crippen LogP contribution < -0.4 is 20.3 Å². The Morgan fingerprint density at radius 1 is 1.22 bits per heavy atom. The Hall–Kier alpha value is -2.18. The Labute approximate surface area is 214 Å². The lowest BCUT2D eigenvalue weighted by atomic mass is 9.73. The Bertz CT molecular complexity index is 1190. The second-order valence-corrected chi connectivity index (χ2v) is 12.1. The number of fused-ring (bicyclic) bond motifs is 5. The first-order chi connectivity index (χ1) is 17.4. The zero-order valence-corrected chi connectivity index (χ0v) is 21.2. The smallest absolute Gasteiger partial charge is 0.175 e. The van der Waals surface area contributed by atoms with Crippen molar-refractivity contribution in [1.82, 2.24) is 15.0 Å². The van der Waals surface area contributed by atoms with Gasteiger partial charge in [0.1, 0.15) is 17.3 Å². The lowest BCUT2D eigenvalue weighted by Gasteiger charge is -2.41. The molecule has 4 aliphatic heterocycles. The third kappa shape index (κ3) is 3.43. The highest BCUT2D eigenvalue weighted by atomic mass is 32.2. The summed E-state index contributed by atoms with van der Waals surface area (Å²) in [5.74, 6) is 2.27. The third-order valence-electron chi connectivity index (χ3n) is 8.91. The second kappa shape index (κ2) is 8.16. The average Bonchev–Trinajstić information content (AvgIpc) is 3.36. The number of rotatable bonds is 4. The lowest BCUT2D eigenvalue weighted by molar-refractivity contribution is 0.0973. The van der Waals surface area contributed by atoms with Crippen LogP contribution in [0.15, 0.2) is 28.4 Å². The molecule has 5 atom stereocenters. The first-order valence-electron chi connectivity index (χ1n) is 12.8. The van der Waals surface area contributed by atoms with Gasteiger partial charge in [0.25, 0.3) is 0 Å². The van der Waals surface area contributed by atoms with Gasteiger partial charge in [-0.2, -0.15) is 0 Å². The summed E-state index contributed by atoms with van der Waals surface area (Å²) in [4.78, 5) is 19.4. The lowest BCUT2D eigenvalue weighted by Crippen LogP contribution is -2.51. The van der Waals surface area contributed by atoms with Crippen molar-refractivity contribution >= 4 is 23.4 Å². The summed E-state index contributed by atoms with van der Waals surface area (Å²) < 4.78 is 12.0. The molecular weight excluding hydrogens is 480 g/mol. The van der Waals surface area contributed by atoms with Crippen molar-refractivity contribution in [3.63, 3.8) is 0 Å². The van der Waals surface area contributed by atoms with Gasteiger partial charge in [0.2, 0.25) is 0 Å². The van der Waals surface area contributed by atoms with Gasteiger partial charge in [0, 0.05) is 43.6 Å². The Morgan fingerprint density at radius 3 is 2.81 bits per heavy atom. The maximum atomic E-state index is 10.6. The molecule has 1 spiro atoms. The number of anilines is 2. The van der Waals surface area contributed by atoms with Gasteiger partial charge in [-0.15, -0.1) is 0 Å². The van der Waals surface area contributed by atoms with Crippen molar-refractivity contribution in [2.24, 2.45) is 11.1 Å². The molecule has 3 saturated heterocycles. The first-order valence-corrected chi connectivity index (χ1v) is 13.6. The highest BCUT2D eigenvalue weighted by molar-refractivity contribution is 7.99. The summed E-state index contributed by atoms with van der Waals surface area (Å²) in [6.45, 7) is 4.76. The maximum Gasteiger partial charge on any atom is 0.175 e. The number of ether oxygens (including phenoxy) is 2. The van der Waals surface area contributed by atoms with Gasteiger partial charge in [0.05, 0.1) is 48.1 Å². The summed E-state index contributed by atoms with van der Waals surface area (Å²) in [5.41, 5.74) is 6.49. The second-order valence-electron chi connectivity index (χ2n) is 11.0. The summed E-state index contributed by atoms with van der Waals surface area (Å²) in [6, 6.07) is 2.28.